The van der Waals surface area contributed by atoms with Gasteiger partial charge in [0.2, 0.25) is 0 Å². The molecule has 0 spiro atoms. The van der Waals surface area contributed by atoms with Gasteiger partial charge in [-0.15, -0.1) is 0 Å². The zero-order chi connectivity index (χ0) is 27.9. The molecule has 190 valence electrons. The topological polar surface area (TPSA) is 87.2 Å². The van der Waals surface area contributed by atoms with Gasteiger partial charge in [-0.25, -0.2) is 0 Å². The minimum absolute atomic E-state index is 0.408. The van der Waals surface area contributed by atoms with Crippen molar-refractivity contribution in [3.05, 3.63) is 97.1 Å². The van der Waals surface area contributed by atoms with Crippen LogP contribution in [0.1, 0.15) is 0 Å². The van der Waals surface area contributed by atoms with Gasteiger partial charge in [0.15, 0.2) is 0 Å². The van der Waals surface area contributed by atoms with Crippen molar-refractivity contribution in [2.75, 3.05) is 0 Å². The van der Waals surface area contributed by atoms with E-state index < -0.39 is 0 Å². The van der Waals surface area contributed by atoms with Crippen LogP contribution in [0.2, 0.25) is 0 Å². The maximum atomic E-state index is 5.21. The summed E-state index contributed by atoms with van der Waals surface area (Å²) in [4.78, 5) is 30.9. The average Bonchev–Trinajstić information content (AvgIpc) is 3.71. The van der Waals surface area contributed by atoms with Gasteiger partial charge in [-0.1, -0.05) is 0 Å². The van der Waals surface area contributed by atoms with Gasteiger partial charge < -0.3 is 0 Å². The second kappa shape index (κ2) is 9.29. The van der Waals surface area contributed by atoms with E-state index in [2.05, 4.69) is 53.3 Å². The van der Waals surface area contributed by atoms with Gasteiger partial charge in [0.05, 0.1) is 0 Å². The number of nitrogens with zero attached hydrogens (tertiary/aromatic N) is 8. The molecule has 7 aromatic rings. The molecule has 8 nitrogen and oxygen atoms in total. The van der Waals surface area contributed by atoms with Crippen molar-refractivity contribution in [2.45, 2.75) is 0 Å². The van der Waals surface area contributed by atoms with E-state index in [4.69, 9.17) is 29.9 Å². The molecule has 0 N–H and O–H groups in total. The van der Waals surface area contributed by atoms with E-state index in [1.807, 2.05) is 48.5 Å². The number of aromatic nitrogens is 8. The normalized spacial score (nSPS) is 12.0. The molecule has 42 heavy (non-hydrogen) atoms. The zero-order valence-electron chi connectivity index (χ0n) is 22.0. The van der Waals surface area contributed by atoms with E-state index in [0.717, 1.165) is 66.4 Å². The van der Waals surface area contributed by atoms with E-state index >= 15 is 0 Å². The van der Waals surface area contributed by atoms with E-state index in [0.29, 0.717) is 75.4 Å². The van der Waals surface area contributed by atoms with E-state index in [9.17, 15) is 0 Å². The third-order valence-corrected chi connectivity index (χ3v) is 11.6. The number of benzene rings is 4. The van der Waals surface area contributed by atoms with Crippen molar-refractivity contribution in [2.24, 2.45) is 0 Å². The van der Waals surface area contributed by atoms with Crippen LogP contribution in [0.15, 0.2) is 97.1 Å². The first-order valence-electron chi connectivity index (χ1n) is 13.4. The molecule has 5 heterocycles. The summed E-state index contributed by atoms with van der Waals surface area (Å²) in [5.41, 5.74) is 7.34. The Morgan fingerprint density at radius 2 is 0.571 bits per heavy atom. The Labute approximate surface area is 271 Å². The summed E-state index contributed by atoms with van der Waals surface area (Å²) in [7, 11) is 0. The summed E-state index contributed by atoms with van der Waals surface area (Å²) in [6.07, 6.45) is 0. The van der Waals surface area contributed by atoms with Crippen molar-refractivity contribution in [3.8, 4) is 45.6 Å². The van der Waals surface area contributed by atoms with Gasteiger partial charge in [-0.2, -0.15) is 0 Å². The summed E-state index contributed by atoms with van der Waals surface area (Å²) in [6, 6.07) is 33.0. The van der Waals surface area contributed by atoms with Crippen molar-refractivity contribution in [1.29, 1.82) is 0 Å². The van der Waals surface area contributed by atoms with Crippen molar-refractivity contribution < 1.29 is 0 Å². The molecule has 9 rings (SSSR count). The monoisotopic (exact) mass is 922 g/mol. The molecule has 10 heteroatoms. The summed E-state index contributed by atoms with van der Waals surface area (Å²) in [6.45, 7) is 0. The van der Waals surface area contributed by atoms with Crippen LogP contribution in [0.3, 0.4) is 0 Å². The quantitative estimate of drug-likeness (QED) is 0.182. The zero-order valence-corrected chi connectivity index (χ0v) is 30.9. The van der Waals surface area contributed by atoms with Crippen molar-refractivity contribution in [1.82, 2.24) is 34.7 Å². The first-order valence-corrected chi connectivity index (χ1v) is 17.4. The molecule has 0 unspecified atom stereocenters. The third kappa shape index (κ3) is 3.54. The maximum absolute atomic E-state index is 5.21. The van der Waals surface area contributed by atoms with Gasteiger partial charge in [0.25, 0.3) is 0 Å². The number of rotatable bonds is 0. The van der Waals surface area contributed by atoms with Crippen LogP contribution in [-0.4, -0.2) is 86.8 Å². The third-order valence-electron chi connectivity index (χ3n) is 7.82. The fourth-order valence-electron chi connectivity index (χ4n) is 5.85. The van der Waals surface area contributed by atoms with Crippen LogP contribution in [0.25, 0.3) is 89.7 Å². The van der Waals surface area contributed by atoms with Crippen LogP contribution in [0.5, 0.6) is 0 Å². The molecular formula is C32H16N8Tl2. The first kappa shape index (κ1) is 24.7. The Morgan fingerprint density at radius 1 is 0.333 bits per heavy atom. The van der Waals surface area contributed by atoms with Crippen LogP contribution < -0.4 is 0 Å². The van der Waals surface area contributed by atoms with Crippen molar-refractivity contribution in [3.63, 3.8) is 0 Å². The average molecular weight is 921 g/mol. The number of hydrogen-bond donors (Lipinski definition) is 0. The van der Waals surface area contributed by atoms with Crippen LogP contribution >= 0.6 is 0 Å². The molecule has 8 bridgehead atoms. The van der Waals surface area contributed by atoms with Crippen molar-refractivity contribution >= 4 is 96.3 Å². The number of fused-ring (bicyclic) bond motifs is 20. The van der Waals surface area contributed by atoms with Gasteiger partial charge in [0.1, 0.15) is 0 Å². The first-order chi connectivity index (χ1) is 20.7. The molecule has 0 amide bonds. The van der Waals surface area contributed by atoms with Gasteiger partial charge in [-0.05, 0) is 0 Å². The minimum atomic E-state index is 0.408. The molecule has 0 saturated heterocycles. The van der Waals surface area contributed by atoms with Gasteiger partial charge in [-0.3, -0.25) is 0 Å². The molecular weight excluding hydrogens is 905 g/mol. The Kier molecular flexibility index (Phi) is 5.46. The van der Waals surface area contributed by atoms with Gasteiger partial charge >= 0.3 is 274 Å². The van der Waals surface area contributed by atoms with E-state index in [-0.39, 0.29) is 0 Å². The number of hydrogen-bond acceptors (Lipinski definition) is 6. The molecule has 2 aliphatic heterocycles. The molecule has 0 saturated carbocycles. The standard InChI is InChI=1S/C32H16N8.2Tl/c1-2-10-18-17(9-1)25-33-26(18)38-28-21-13-5-6-14-22(21)30(35-28)40-32-24-16-8-7-15-23(24)31(36-32)39-29-20-12-4-3-11-19(20)27(34-29)37-25;;/h1-16H;;/q-2;2*+1. The SMILES string of the molecule is [Tl][n]1c2nc3nc(nc4c5ccccc5c(nc5nc(nc1c1ccccc12)-c1ccccc1-5)[n]4[Tl])-c1ccccc1-3. The Morgan fingerprint density at radius 3 is 0.833 bits per heavy atom. The fraction of sp³-hybridized carbons (Fsp3) is 0. The molecule has 0 atom stereocenters. The van der Waals surface area contributed by atoms with Crippen LogP contribution in [0.4, 0.5) is 0 Å². The molecule has 0 aliphatic carbocycles. The predicted octanol–water partition coefficient (Wildman–Crippen LogP) is 5.68. The van der Waals surface area contributed by atoms with Gasteiger partial charge in [0, 0.05) is 0 Å². The summed E-state index contributed by atoms with van der Waals surface area (Å²) >= 11 is 0.816. The molecule has 4 aromatic carbocycles. The molecule has 3 aromatic heterocycles. The molecule has 0 radical (unpaired) electrons. The Balaban J connectivity index is 1.55. The van der Waals surface area contributed by atoms with Crippen LogP contribution in [-0.2, 0) is 0 Å². The molecule has 2 aliphatic rings. The molecule has 0 fully saturated rings. The summed E-state index contributed by atoms with van der Waals surface area (Å²) < 4.78 is 4.39. The second-order valence-corrected chi connectivity index (χ2v) is 14.2. The Hall–Kier alpha value is -3.92. The Bertz CT molecular complexity index is 2130. The van der Waals surface area contributed by atoms with E-state index in [1.54, 1.807) is 0 Å². The van der Waals surface area contributed by atoms with E-state index in [1.165, 1.54) is 0 Å². The fourth-order valence-corrected chi connectivity index (χ4v) is 8.91. The summed E-state index contributed by atoms with van der Waals surface area (Å²) in [5.74, 6) is 2.65. The summed E-state index contributed by atoms with van der Waals surface area (Å²) in [5, 5.41) is 4.16. The predicted molar refractivity (Wildman–Crippen MR) is 166 cm³/mol. The van der Waals surface area contributed by atoms with Crippen LogP contribution in [0, 0.1) is 0 Å². The second-order valence-electron chi connectivity index (χ2n) is 10.2.